The monoisotopic (exact) mass is 485 g/mol. The van der Waals surface area contributed by atoms with Crippen LogP contribution in [0.4, 0.5) is 10.5 Å². The van der Waals surface area contributed by atoms with Crippen molar-refractivity contribution in [2.45, 2.75) is 38.3 Å². The van der Waals surface area contributed by atoms with Gasteiger partial charge in [-0.25, -0.2) is 4.79 Å². The van der Waals surface area contributed by atoms with Gasteiger partial charge in [-0.1, -0.05) is 43.2 Å². The standard InChI is InChI=1S/C27H23N3O6/c31-25-23(26(32)29(27(33)28-25)19-6-2-3-7-19)15-22-21-8-4-1-5-18(21)11-14-24(22)36-16-17-9-12-20(13-10-17)30(34)35/h1,4-5,8-15,19H,2-3,6-7,16H2,(H,28,31,33)/b23-15+. The van der Waals surface area contributed by atoms with E-state index in [4.69, 9.17) is 4.74 Å². The first-order valence-electron chi connectivity index (χ1n) is 11.7. The second-order valence-corrected chi connectivity index (χ2v) is 8.84. The topological polar surface area (TPSA) is 119 Å². The first kappa shape index (κ1) is 23.2. The predicted molar refractivity (Wildman–Crippen MR) is 132 cm³/mol. The quantitative estimate of drug-likeness (QED) is 0.233. The van der Waals surface area contributed by atoms with Crippen molar-refractivity contribution in [3.05, 3.63) is 87.5 Å². The minimum atomic E-state index is -0.742. The SMILES string of the molecule is O=C1NC(=O)N(C2CCCC2)C(=O)/C1=C/c1c(OCc2ccc([N+](=O)[O-])cc2)ccc2ccccc12. The van der Waals surface area contributed by atoms with E-state index in [0.29, 0.717) is 11.3 Å². The molecule has 1 aliphatic carbocycles. The molecule has 1 saturated heterocycles. The Balaban J connectivity index is 1.51. The molecule has 0 atom stereocenters. The molecule has 9 nitrogen and oxygen atoms in total. The van der Waals surface area contributed by atoms with Gasteiger partial charge in [0.2, 0.25) is 0 Å². The van der Waals surface area contributed by atoms with Crippen molar-refractivity contribution in [3.8, 4) is 5.75 Å². The number of carbonyl (C=O) groups excluding carboxylic acids is 3. The van der Waals surface area contributed by atoms with Gasteiger partial charge in [0, 0.05) is 23.7 Å². The molecule has 1 heterocycles. The Morgan fingerprint density at radius 1 is 1.00 bits per heavy atom. The maximum atomic E-state index is 13.3. The number of benzene rings is 3. The number of rotatable bonds is 6. The molecule has 3 aromatic carbocycles. The lowest BCUT2D eigenvalue weighted by Gasteiger charge is -2.31. The van der Waals surface area contributed by atoms with E-state index in [0.717, 1.165) is 42.0 Å². The van der Waals surface area contributed by atoms with Gasteiger partial charge >= 0.3 is 6.03 Å². The number of carbonyl (C=O) groups is 3. The summed E-state index contributed by atoms with van der Waals surface area (Å²) in [7, 11) is 0. The molecule has 0 spiro atoms. The highest BCUT2D eigenvalue weighted by atomic mass is 16.6. The number of nitro groups is 1. The van der Waals surface area contributed by atoms with Crippen LogP contribution in [0.25, 0.3) is 16.8 Å². The molecule has 2 fully saturated rings. The lowest BCUT2D eigenvalue weighted by molar-refractivity contribution is -0.384. The summed E-state index contributed by atoms with van der Waals surface area (Å²) in [6.07, 6.45) is 4.79. The van der Waals surface area contributed by atoms with Crippen molar-refractivity contribution in [2.24, 2.45) is 0 Å². The fraction of sp³-hybridized carbons (Fsp3) is 0.222. The highest BCUT2D eigenvalue weighted by Gasteiger charge is 2.40. The third-order valence-corrected chi connectivity index (χ3v) is 6.58. The number of nitrogens with one attached hydrogen (secondary N) is 1. The van der Waals surface area contributed by atoms with Gasteiger partial charge in [0.1, 0.15) is 17.9 Å². The highest BCUT2D eigenvalue weighted by Crippen LogP contribution is 2.33. The summed E-state index contributed by atoms with van der Waals surface area (Å²) in [6.45, 7) is 0.124. The van der Waals surface area contributed by atoms with Crippen molar-refractivity contribution in [2.75, 3.05) is 0 Å². The number of fused-ring (bicyclic) bond motifs is 1. The van der Waals surface area contributed by atoms with Gasteiger partial charge in [0.15, 0.2) is 0 Å². The molecule has 4 amide bonds. The number of hydrogen-bond acceptors (Lipinski definition) is 6. The second-order valence-electron chi connectivity index (χ2n) is 8.84. The van der Waals surface area contributed by atoms with Crippen LogP contribution in [0.5, 0.6) is 5.75 Å². The average molecular weight is 485 g/mol. The van der Waals surface area contributed by atoms with E-state index in [1.807, 2.05) is 30.3 Å². The number of urea groups is 1. The lowest BCUT2D eigenvalue weighted by Crippen LogP contribution is -2.57. The predicted octanol–water partition coefficient (Wildman–Crippen LogP) is 4.73. The van der Waals surface area contributed by atoms with Gasteiger partial charge in [-0.2, -0.15) is 0 Å². The summed E-state index contributed by atoms with van der Waals surface area (Å²) in [5, 5.41) is 14.9. The number of non-ortho nitro benzene ring substituents is 1. The smallest absolute Gasteiger partial charge is 0.331 e. The van der Waals surface area contributed by atoms with E-state index in [-0.39, 0.29) is 23.9 Å². The van der Waals surface area contributed by atoms with Crippen molar-refractivity contribution in [1.82, 2.24) is 10.2 Å². The van der Waals surface area contributed by atoms with Crippen molar-refractivity contribution in [1.29, 1.82) is 0 Å². The van der Waals surface area contributed by atoms with Gasteiger partial charge in [-0.15, -0.1) is 0 Å². The van der Waals surface area contributed by atoms with Crippen LogP contribution in [0.1, 0.15) is 36.8 Å². The third-order valence-electron chi connectivity index (χ3n) is 6.58. The average Bonchev–Trinajstić information content (AvgIpc) is 3.40. The molecule has 0 bridgehead atoms. The minimum absolute atomic E-state index is 0.0157. The second kappa shape index (κ2) is 9.61. The number of nitrogens with zero attached hydrogens (tertiary/aromatic N) is 2. The Labute approximate surface area is 206 Å². The summed E-state index contributed by atoms with van der Waals surface area (Å²) in [5.74, 6) is -0.914. The third kappa shape index (κ3) is 4.43. The normalized spacial score (nSPS) is 17.6. The zero-order valence-corrected chi connectivity index (χ0v) is 19.3. The molecule has 36 heavy (non-hydrogen) atoms. The van der Waals surface area contributed by atoms with Crippen LogP contribution in [0, 0.1) is 10.1 Å². The molecule has 0 unspecified atom stereocenters. The van der Waals surface area contributed by atoms with E-state index in [9.17, 15) is 24.5 Å². The van der Waals surface area contributed by atoms with Crippen LogP contribution in [-0.2, 0) is 16.2 Å². The molecule has 9 heteroatoms. The fourth-order valence-electron chi connectivity index (χ4n) is 4.73. The van der Waals surface area contributed by atoms with Crippen LogP contribution in [0.2, 0.25) is 0 Å². The summed E-state index contributed by atoms with van der Waals surface area (Å²) in [6, 6.07) is 16.3. The Hall–Kier alpha value is -4.53. The van der Waals surface area contributed by atoms with Crippen molar-refractivity contribution < 1.29 is 24.0 Å². The number of nitro benzene ring substituents is 1. The Kier molecular flexibility index (Phi) is 6.20. The molecular weight excluding hydrogens is 462 g/mol. The molecule has 1 saturated carbocycles. The first-order chi connectivity index (χ1) is 17.4. The zero-order valence-electron chi connectivity index (χ0n) is 19.3. The molecular formula is C27H23N3O6. The van der Waals surface area contributed by atoms with Crippen LogP contribution in [0.15, 0.2) is 66.2 Å². The van der Waals surface area contributed by atoms with Crippen LogP contribution >= 0.6 is 0 Å². The summed E-state index contributed by atoms with van der Waals surface area (Å²) in [5.41, 5.74) is 1.11. The van der Waals surface area contributed by atoms with Gasteiger partial charge < -0.3 is 4.74 Å². The zero-order chi connectivity index (χ0) is 25.2. The fourth-order valence-corrected chi connectivity index (χ4v) is 4.73. The minimum Gasteiger partial charge on any atom is -0.488 e. The van der Waals surface area contributed by atoms with Gasteiger partial charge in [0.05, 0.1) is 4.92 Å². The Morgan fingerprint density at radius 2 is 1.72 bits per heavy atom. The van der Waals surface area contributed by atoms with Crippen molar-refractivity contribution in [3.63, 3.8) is 0 Å². The summed E-state index contributed by atoms with van der Waals surface area (Å²) < 4.78 is 6.05. The summed E-state index contributed by atoms with van der Waals surface area (Å²) in [4.78, 5) is 50.2. The van der Waals surface area contributed by atoms with Crippen LogP contribution in [0.3, 0.4) is 0 Å². The van der Waals surface area contributed by atoms with E-state index in [2.05, 4.69) is 5.32 Å². The maximum absolute atomic E-state index is 13.3. The highest BCUT2D eigenvalue weighted by molar-refractivity contribution is 6.31. The number of ether oxygens (including phenoxy) is 1. The van der Waals surface area contributed by atoms with Gasteiger partial charge in [0.25, 0.3) is 17.5 Å². The number of imide groups is 2. The van der Waals surface area contributed by atoms with Gasteiger partial charge in [-0.05, 0) is 53.5 Å². The first-order valence-corrected chi connectivity index (χ1v) is 11.7. The lowest BCUT2D eigenvalue weighted by atomic mass is 9.99. The van der Waals surface area contributed by atoms with E-state index in [1.165, 1.54) is 23.1 Å². The van der Waals surface area contributed by atoms with Crippen LogP contribution < -0.4 is 10.1 Å². The van der Waals surface area contributed by atoms with E-state index in [1.54, 1.807) is 18.2 Å². The van der Waals surface area contributed by atoms with E-state index >= 15 is 0 Å². The summed E-state index contributed by atoms with van der Waals surface area (Å²) >= 11 is 0. The number of amides is 4. The molecule has 0 aromatic heterocycles. The number of barbiturate groups is 1. The molecule has 182 valence electrons. The molecule has 2 aliphatic rings. The van der Waals surface area contributed by atoms with E-state index < -0.39 is 22.8 Å². The largest absolute Gasteiger partial charge is 0.488 e. The maximum Gasteiger partial charge on any atom is 0.331 e. The Morgan fingerprint density at radius 3 is 2.44 bits per heavy atom. The van der Waals surface area contributed by atoms with Crippen LogP contribution in [-0.4, -0.2) is 33.7 Å². The molecule has 5 rings (SSSR count). The number of hydrogen-bond donors (Lipinski definition) is 1. The molecule has 0 radical (unpaired) electrons. The van der Waals surface area contributed by atoms with Gasteiger partial charge in [-0.3, -0.25) is 29.9 Å². The molecule has 1 N–H and O–H groups in total. The Bertz CT molecular complexity index is 1410. The molecule has 1 aliphatic heterocycles. The molecule has 3 aromatic rings. The van der Waals surface area contributed by atoms with Crippen molar-refractivity contribution >= 4 is 40.4 Å².